The fraction of sp³-hybridized carbons (Fsp3) is 0.824. The summed E-state index contributed by atoms with van der Waals surface area (Å²) in [6, 6.07) is 2.04. The van der Waals surface area contributed by atoms with Crippen LogP contribution < -0.4 is 0 Å². The molecule has 0 N–H and O–H groups in total. The van der Waals surface area contributed by atoms with Crippen molar-refractivity contribution in [2.45, 2.75) is 93.4 Å². The molecule has 0 aromatic rings. The SMILES string of the molecule is CC(C)=C=CB(N(C(C)C)C(C)C)N(C(C)C)C(C)C. The summed E-state index contributed by atoms with van der Waals surface area (Å²) in [5.41, 5.74) is 4.67. The summed E-state index contributed by atoms with van der Waals surface area (Å²) in [5.74, 6) is 2.25. The van der Waals surface area contributed by atoms with Crippen molar-refractivity contribution in [1.82, 2.24) is 9.62 Å². The van der Waals surface area contributed by atoms with E-state index in [2.05, 4.69) is 90.6 Å². The van der Waals surface area contributed by atoms with Crippen LogP contribution in [0.5, 0.6) is 0 Å². The van der Waals surface area contributed by atoms with Crippen LogP contribution in [0.15, 0.2) is 17.3 Å². The summed E-state index contributed by atoms with van der Waals surface area (Å²) in [7, 11) is 0. The second-order valence-electron chi connectivity index (χ2n) is 6.99. The van der Waals surface area contributed by atoms with E-state index in [1.807, 2.05) is 0 Å². The molecule has 116 valence electrons. The highest BCUT2D eigenvalue weighted by molar-refractivity contribution is 6.58. The van der Waals surface area contributed by atoms with Gasteiger partial charge in [0.15, 0.2) is 0 Å². The highest BCUT2D eigenvalue weighted by Gasteiger charge is 2.34. The van der Waals surface area contributed by atoms with Gasteiger partial charge in [0, 0.05) is 0 Å². The van der Waals surface area contributed by atoms with Gasteiger partial charge in [-0.1, -0.05) is 55.4 Å². The number of hydrogen-bond acceptors (Lipinski definition) is 2. The van der Waals surface area contributed by atoms with E-state index >= 15 is 0 Å². The number of rotatable bonds is 7. The molecular formula is C17H35BN2. The molecular weight excluding hydrogens is 243 g/mol. The number of allylic oxidation sites excluding steroid dienone is 1. The zero-order valence-corrected chi connectivity index (χ0v) is 15.4. The maximum absolute atomic E-state index is 3.43. The molecule has 2 nitrogen and oxygen atoms in total. The molecule has 0 aromatic carbocycles. The molecule has 0 aliphatic heterocycles. The first kappa shape index (κ1) is 19.5. The first-order valence-electron chi connectivity index (χ1n) is 8.04. The minimum absolute atomic E-state index is 0.296. The van der Waals surface area contributed by atoms with E-state index in [1.165, 1.54) is 5.57 Å². The van der Waals surface area contributed by atoms with Gasteiger partial charge in [-0.3, -0.25) is 0 Å². The highest BCUT2D eigenvalue weighted by atomic mass is 15.3. The van der Waals surface area contributed by atoms with E-state index in [4.69, 9.17) is 0 Å². The topological polar surface area (TPSA) is 6.48 Å². The molecule has 0 unspecified atom stereocenters. The van der Waals surface area contributed by atoms with Crippen molar-refractivity contribution in [2.24, 2.45) is 0 Å². The summed E-state index contributed by atoms with van der Waals surface area (Å²) in [6.07, 6.45) is 0. The lowest BCUT2D eigenvalue weighted by Crippen LogP contribution is -2.60. The van der Waals surface area contributed by atoms with Gasteiger partial charge in [0.05, 0.1) is 0 Å². The van der Waals surface area contributed by atoms with Crippen LogP contribution in [-0.4, -0.2) is 40.8 Å². The molecule has 0 radical (unpaired) electrons. The van der Waals surface area contributed by atoms with Crippen molar-refractivity contribution in [3.63, 3.8) is 0 Å². The first-order chi connectivity index (χ1) is 9.09. The van der Waals surface area contributed by atoms with Gasteiger partial charge in [-0.2, -0.15) is 0 Å². The van der Waals surface area contributed by atoms with Gasteiger partial charge >= 0.3 is 6.98 Å². The Morgan fingerprint density at radius 1 is 0.750 bits per heavy atom. The lowest BCUT2D eigenvalue weighted by Gasteiger charge is -2.44. The van der Waals surface area contributed by atoms with E-state index in [0.717, 1.165) is 0 Å². The van der Waals surface area contributed by atoms with E-state index in [9.17, 15) is 0 Å². The second-order valence-corrected chi connectivity index (χ2v) is 6.99. The molecule has 0 rings (SSSR count). The summed E-state index contributed by atoms with van der Waals surface area (Å²) >= 11 is 0. The average molecular weight is 278 g/mol. The van der Waals surface area contributed by atoms with Gasteiger partial charge in [0.2, 0.25) is 0 Å². The van der Waals surface area contributed by atoms with Crippen LogP contribution in [0.2, 0.25) is 0 Å². The standard InChI is InChI=1S/C17H35BN2/c1-13(2)11-12-18(19(14(3)4)15(5)6)20(16(7)8)17(9)10/h12,14-17H,1-10H3. The molecule has 0 aromatic heterocycles. The fourth-order valence-electron chi connectivity index (χ4n) is 2.98. The van der Waals surface area contributed by atoms with Gasteiger partial charge in [-0.05, 0) is 49.6 Å². The first-order valence-corrected chi connectivity index (χ1v) is 8.04. The van der Waals surface area contributed by atoms with Gasteiger partial charge in [-0.25, -0.2) is 0 Å². The van der Waals surface area contributed by atoms with E-state index in [-0.39, 0.29) is 0 Å². The Labute approximate surface area is 128 Å². The predicted molar refractivity (Wildman–Crippen MR) is 92.9 cm³/mol. The van der Waals surface area contributed by atoms with Crippen LogP contribution in [0.1, 0.15) is 69.2 Å². The maximum Gasteiger partial charge on any atom is 0.347 e. The Bertz CT molecular complexity index is 299. The minimum atomic E-state index is 0.296. The molecule has 0 fully saturated rings. The molecule has 0 atom stereocenters. The highest BCUT2D eigenvalue weighted by Crippen LogP contribution is 2.17. The number of hydrogen-bond donors (Lipinski definition) is 0. The lowest BCUT2D eigenvalue weighted by atomic mass is 9.67. The Morgan fingerprint density at radius 3 is 1.25 bits per heavy atom. The van der Waals surface area contributed by atoms with Gasteiger partial charge in [0.25, 0.3) is 0 Å². The van der Waals surface area contributed by atoms with Crippen molar-refractivity contribution >= 4 is 6.98 Å². The molecule has 0 aliphatic rings. The smallest absolute Gasteiger partial charge is 0.320 e. The Balaban J connectivity index is 5.73. The quantitative estimate of drug-likeness (QED) is 0.504. The third-order valence-electron chi connectivity index (χ3n) is 3.52. The molecule has 0 saturated carbocycles. The van der Waals surface area contributed by atoms with Crippen molar-refractivity contribution in [3.05, 3.63) is 17.3 Å². The van der Waals surface area contributed by atoms with Crippen LogP contribution >= 0.6 is 0 Å². The normalized spacial score (nSPS) is 12.0. The molecule has 0 aliphatic carbocycles. The van der Waals surface area contributed by atoms with Crippen molar-refractivity contribution in [1.29, 1.82) is 0 Å². The third-order valence-corrected chi connectivity index (χ3v) is 3.52. The van der Waals surface area contributed by atoms with E-state index in [0.29, 0.717) is 31.1 Å². The van der Waals surface area contributed by atoms with Crippen LogP contribution in [-0.2, 0) is 0 Å². The predicted octanol–water partition coefficient (Wildman–Crippen LogP) is 4.37. The zero-order valence-electron chi connectivity index (χ0n) is 15.4. The molecule has 20 heavy (non-hydrogen) atoms. The van der Waals surface area contributed by atoms with Gasteiger partial charge < -0.3 is 9.62 Å². The Morgan fingerprint density at radius 2 is 1.05 bits per heavy atom. The second kappa shape index (κ2) is 8.72. The van der Waals surface area contributed by atoms with Crippen molar-refractivity contribution in [3.8, 4) is 0 Å². The summed E-state index contributed by atoms with van der Waals surface area (Å²) in [5, 5.41) is 0. The Hall–Kier alpha value is -0.495. The number of nitrogens with zero attached hydrogens (tertiary/aromatic N) is 2. The van der Waals surface area contributed by atoms with Gasteiger partial charge in [-0.15, -0.1) is 5.73 Å². The third kappa shape index (κ3) is 5.87. The van der Waals surface area contributed by atoms with Crippen LogP contribution in [0, 0.1) is 0 Å². The van der Waals surface area contributed by atoms with Gasteiger partial charge in [0.1, 0.15) is 0 Å². The molecule has 0 bridgehead atoms. The molecule has 0 amide bonds. The lowest BCUT2D eigenvalue weighted by molar-refractivity contribution is 0.227. The summed E-state index contributed by atoms with van der Waals surface area (Å²) in [4.78, 5) is 5.13. The molecule has 0 spiro atoms. The molecule has 0 heterocycles. The van der Waals surface area contributed by atoms with Crippen LogP contribution in [0.25, 0.3) is 0 Å². The molecule has 3 heteroatoms. The summed E-state index contributed by atoms with van der Waals surface area (Å²) in [6.45, 7) is 22.8. The van der Waals surface area contributed by atoms with E-state index < -0.39 is 0 Å². The van der Waals surface area contributed by atoms with Crippen LogP contribution in [0.4, 0.5) is 0 Å². The molecule has 0 saturated heterocycles. The average Bonchev–Trinajstić information content (AvgIpc) is 2.23. The van der Waals surface area contributed by atoms with E-state index in [1.54, 1.807) is 0 Å². The van der Waals surface area contributed by atoms with Crippen molar-refractivity contribution < 1.29 is 0 Å². The summed E-state index contributed by atoms with van der Waals surface area (Å²) < 4.78 is 0. The van der Waals surface area contributed by atoms with Crippen LogP contribution in [0.3, 0.4) is 0 Å². The largest absolute Gasteiger partial charge is 0.347 e. The fourth-order valence-corrected chi connectivity index (χ4v) is 2.98. The zero-order chi connectivity index (χ0) is 16.0. The minimum Gasteiger partial charge on any atom is -0.320 e. The Kier molecular flexibility index (Phi) is 8.50. The monoisotopic (exact) mass is 278 g/mol. The maximum atomic E-state index is 3.43. The van der Waals surface area contributed by atoms with Crippen molar-refractivity contribution in [2.75, 3.05) is 0 Å².